The summed E-state index contributed by atoms with van der Waals surface area (Å²) in [7, 11) is 0. The van der Waals surface area contributed by atoms with Crippen molar-refractivity contribution in [2.24, 2.45) is 0 Å². The summed E-state index contributed by atoms with van der Waals surface area (Å²) < 4.78 is 0. The first kappa shape index (κ1) is 9.73. The maximum absolute atomic E-state index is 10.3. The summed E-state index contributed by atoms with van der Waals surface area (Å²) in [5, 5.41) is 26.0. The number of hydrogen-bond acceptors (Lipinski definition) is 3. The zero-order valence-electron chi connectivity index (χ0n) is 8.31. The van der Waals surface area contributed by atoms with E-state index in [4.69, 9.17) is 5.11 Å². The maximum Gasteiger partial charge on any atom is 0.128 e. The fraction of sp³-hybridized carbons (Fsp3) is 0.182. The van der Waals surface area contributed by atoms with Crippen molar-refractivity contribution >= 4 is 0 Å². The van der Waals surface area contributed by atoms with Crippen molar-refractivity contribution in [3.05, 3.63) is 47.8 Å². The Morgan fingerprint density at radius 1 is 1.20 bits per heavy atom. The number of aromatic nitrogens is 2. The van der Waals surface area contributed by atoms with Crippen LogP contribution in [-0.4, -0.2) is 20.4 Å². The van der Waals surface area contributed by atoms with Gasteiger partial charge in [0.15, 0.2) is 0 Å². The Bertz CT molecular complexity index is 432. The third kappa shape index (κ3) is 1.71. The van der Waals surface area contributed by atoms with Gasteiger partial charge in [-0.25, -0.2) is 0 Å². The van der Waals surface area contributed by atoms with Gasteiger partial charge in [0.05, 0.1) is 5.69 Å². The number of aromatic hydroxyl groups is 1. The van der Waals surface area contributed by atoms with Gasteiger partial charge in [-0.1, -0.05) is 12.1 Å². The van der Waals surface area contributed by atoms with Crippen molar-refractivity contribution in [1.29, 1.82) is 0 Å². The molecule has 78 valence electrons. The average molecular weight is 204 g/mol. The SMILES string of the molecule is CC(O)(c1ccc(O)cc1)c1ccn[nH]1. The van der Waals surface area contributed by atoms with Gasteiger partial charge in [0, 0.05) is 6.20 Å². The summed E-state index contributed by atoms with van der Waals surface area (Å²) in [4.78, 5) is 0. The number of benzene rings is 1. The smallest absolute Gasteiger partial charge is 0.128 e. The lowest BCUT2D eigenvalue weighted by Crippen LogP contribution is -2.23. The highest BCUT2D eigenvalue weighted by atomic mass is 16.3. The van der Waals surface area contributed by atoms with Crippen molar-refractivity contribution < 1.29 is 10.2 Å². The zero-order valence-corrected chi connectivity index (χ0v) is 8.31. The van der Waals surface area contributed by atoms with E-state index in [0.717, 1.165) is 0 Å². The van der Waals surface area contributed by atoms with Crippen LogP contribution in [0.25, 0.3) is 0 Å². The van der Waals surface area contributed by atoms with Crippen LogP contribution in [-0.2, 0) is 5.60 Å². The molecular formula is C11H12N2O2. The number of hydrogen-bond donors (Lipinski definition) is 3. The molecule has 1 atom stereocenters. The molecule has 2 aromatic rings. The normalized spacial score (nSPS) is 14.8. The van der Waals surface area contributed by atoms with E-state index >= 15 is 0 Å². The first-order valence-corrected chi connectivity index (χ1v) is 4.62. The summed E-state index contributed by atoms with van der Waals surface area (Å²) in [5.41, 5.74) is 0.197. The van der Waals surface area contributed by atoms with Crippen LogP contribution < -0.4 is 0 Å². The lowest BCUT2D eigenvalue weighted by molar-refractivity contribution is 0.0973. The molecule has 0 bridgehead atoms. The Morgan fingerprint density at radius 2 is 1.87 bits per heavy atom. The molecule has 4 nitrogen and oxygen atoms in total. The van der Waals surface area contributed by atoms with E-state index in [-0.39, 0.29) is 5.75 Å². The lowest BCUT2D eigenvalue weighted by atomic mass is 9.93. The second-order valence-electron chi connectivity index (χ2n) is 3.59. The Labute approximate surface area is 87.2 Å². The molecule has 1 unspecified atom stereocenters. The van der Waals surface area contributed by atoms with Crippen LogP contribution in [0.5, 0.6) is 5.75 Å². The minimum absolute atomic E-state index is 0.180. The number of nitrogens with zero attached hydrogens (tertiary/aromatic N) is 1. The van der Waals surface area contributed by atoms with Gasteiger partial charge in [0.2, 0.25) is 0 Å². The molecule has 1 aromatic carbocycles. The highest BCUT2D eigenvalue weighted by molar-refractivity contribution is 5.34. The van der Waals surface area contributed by atoms with E-state index in [1.165, 1.54) is 0 Å². The fourth-order valence-electron chi connectivity index (χ4n) is 1.47. The zero-order chi connectivity index (χ0) is 10.9. The summed E-state index contributed by atoms with van der Waals surface area (Å²) in [6, 6.07) is 8.15. The van der Waals surface area contributed by atoms with E-state index in [9.17, 15) is 5.11 Å². The molecule has 4 heteroatoms. The van der Waals surface area contributed by atoms with Gasteiger partial charge < -0.3 is 10.2 Å². The minimum atomic E-state index is -1.12. The molecule has 0 spiro atoms. The highest BCUT2D eigenvalue weighted by Gasteiger charge is 2.26. The number of phenolic OH excluding ortho intramolecular Hbond substituents is 1. The monoisotopic (exact) mass is 204 g/mol. The molecule has 0 saturated heterocycles. The summed E-state index contributed by atoms with van der Waals surface area (Å²) >= 11 is 0. The van der Waals surface area contributed by atoms with Gasteiger partial charge in [-0.15, -0.1) is 0 Å². The molecule has 2 rings (SSSR count). The summed E-state index contributed by atoms with van der Waals surface area (Å²) in [6.07, 6.45) is 1.59. The number of phenols is 1. The number of nitrogens with one attached hydrogen (secondary N) is 1. The highest BCUT2D eigenvalue weighted by Crippen LogP contribution is 2.28. The number of H-pyrrole nitrogens is 1. The molecule has 1 aromatic heterocycles. The van der Waals surface area contributed by atoms with Gasteiger partial charge in [0.25, 0.3) is 0 Å². The third-order valence-corrected chi connectivity index (χ3v) is 2.45. The number of aromatic amines is 1. The van der Waals surface area contributed by atoms with E-state index in [1.54, 1.807) is 43.5 Å². The minimum Gasteiger partial charge on any atom is -0.508 e. The van der Waals surface area contributed by atoms with Crippen LogP contribution in [0.15, 0.2) is 36.5 Å². The molecule has 15 heavy (non-hydrogen) atoms. The molecule has 0 radical (unpaired) electrons. The average Bonchev–Trinajstić information content (AvgIpc) is 2.71. The van der Waals surface area contributed by atoms with Gasteiger partial charge in [-0.05, 0) is 30.7 Å². The van der Waals surface area contributed by atoms with Gasteiger partial charge in [0.1, 0.15) is 11.4 Å². The number of rotatable bonds is 2. The van der Waals surface area contributed by atoms with Gasteiger partial charge in [-0.2, -0.15) is 5.10 Å². The van der Waals surface area contributed by atoms with Crippen LogP contribution >= 0.6 is 0 Å². The molecule has 1 heterocycles. The van der Waals surface area contributed by atoms with Crippen LogP contribution in [0.4, 0.5) is 0 Å². The first-order chi connectivity index (χ1) is 7.10. The predicted molar refractivity (Wildman–Crippen MR) is 55.4 cm³/mol. The Balaban J connectivity index is 2.41. The second kappa shape index (κ2) is 3.40. The maximum atomic E-state index is 10.3. The van der Waals surface area contributed by atoms with Crippen molar-refractivity contribution in [2.45, 2.75) is 12.5 Å². The van der Waals surface area contributed by atoms with Crippen molar-refractivity contribution in [3.8, 4) is 5.75 Å². The molecule has 0 aliphatic rings. The predicted octanol–water partition coefficient (Wildman–Crippen LogP) is 1.37. The quantitative estimate of drug-likeness (QED) is 0.692. The standard InChI is InChI=1S/C11H12N2O2/c1-11(15,10-6-7-12-13-10)8-2-4-9(14)5-3-8/h2-7,14-15H,1H3,(H,12,13). The molecule has 0 saturated carbocycles. The largest absolute Gasteiger partial charge is 0.508 e. The summed E-state index contributed by atoms with van der Waals surface area (Å²) in [5.74, 6) is 0.180. The molecular weight excluding hydrogens is 192 g/mol. The van der Waals surface area contributed by atoms with E-state index in [0.29, 0.717) is 11.3 Å². The second-order valence-corrected chi connectivity index (χ2v) is 3.59. The molecule has 0 fully saturated rings. The lowest BCUT2D eigenvalue weighted by Gasteiger charge is -2.22. The molecule has 3 N–H and O–H groups in total. The van der Waals surface area contributed by atoms with Crippen LogP contribution in [0.3, 0.4) is 0 Å². The molecule has 0 aliphatic heterocycles. The van der Waals surface area contributed by atoms with Gasteiger partial charge >= 0.3 is 0 Å². The van der Waals surface area contributed by atoms with Crippen molar-refractivity contribution in [1.82, 2.24) is 10.2 Å². The van der Waals surface area contributed by atoms with Crippen LogP contribution in [0, 0.1) is 0 Å². The van der Waals surface area contributed by atoms with Crippen molar-refractivity contribution in [3.63, 3.8) is 0 Å². The van der Waals surface area contributed by atoms with E-state index in [1.807, 2.05) is 0 Å². The number of aliphatic hydroxyl groups is 1. The first-order valence-electron chi connectivity index (χ1n) is 4.62. The molecule has 0 aliphatic carbocycles. The fourth-order valence-corrected chi connectivity index (χ4v) is 1.47. The van der Waals surface area contributed by atoms with E-state index in [2.05, 4.69) is 10.2 Å². The van der Waals surface area contributed by atoms with Crippen LogP contribution in [0.1, 0.15) is 18.2 Å². The Hall–Kier alpha value is -1.81. The van der Waals surface area contributed by atoms with E-state index < -0.39 is 5.60 Å². The van der Waals surface area contributed by atoms with Crippen molar-refractivity contribution in [2.75, 3.05) is 0 Å². The topological polar surface area (TPSA) is 69.1 Å². The molecule has 0 amide bonds. The summed E-state index contributed by atoms with van der Waals surface area (Å²) in [6.45, 7) is 1.67. The van der Waals surface area contributed by atoms with Crippen LogP contribution in [0.2, 0.25) is 0 Å². The Kier molecular flexibility index (Phi) is 2.21. The Morgan fingerprint density at radius 3 is 2.40 bits per heavy atom. The third-order valence-electron chi connectivity index (χ3n) is 2.45. The van der Waals surface area contributed by atoms with Gasteiger partial charge in [-0.3, -0.25) is 5.10 Å².